The molecule has 1 aliphatic carbocycles. The third-order valence-corrected chi connectivity index (χ3v) is 4.03. The molecule has 0 radical (unpaired) electrons. The van der Waals surface area contributed by atoms with Gasteiger partial charge in [-0.2, -0.15) is 0 Å². The zero-order valence-corrected chi connectivity index (χ0v) is 11.9. The quantitative estimate of drug-likeness (QED) is 0.626. The molecule has 19 heavy (non-hydrogen) atoms. The van der Waals surface area contributed by atoms with E-state index in [1.807, 2.05) is 6.92 Å². The van der Waals surface area contributed by atoms with Crippen LogP contribution in [0.1, 0.15) is 45.4 Å². The van der Waals surface area contributed by atoms with Crippen LogP contribution in [0.2, 0.25) is 0 Å². The van der Waals surface area contributed by atoms with Crippen molar-refractivity contribution in [2.45, 2.75) is 45.4 Å². The van der Waals surface area contributed by atoms with E-state index in [1.54, 1.807) is 6.08 Å². The van der Waals surface area contributed by atoms with Crippen molar-refractivity contribution in [1.29, 1.82) is 0 Å². The Labute approximate surface area is 115 Å². The highest BCUT2D eigenvalue weighted by molar-refractivity contribution is 5.86. The summed E-state index contributed by atoms with van der Waals surface area (Å²) in [5, 5.41) is 2.84. The number of primary amides is 1. The van der Waals surface area contributed by atoms with Gasteiger partial charge in [-0.3, -0.25) is 9.59 Å². The van der Waals surface area contributed by atoms with Gasteiger partial charge in [0.2, 0.25) is 11.8 Å². The number of allylic oxidation sites excluding steroid dienone is 1. The highest BCUT2D eigenvalue weighted by Crippen LogP contribution is 2.35. The molecule has 1 rings (SSSR count). The van der Waals surface area contributed by atoms with E-state index in [1.165, 1.54) is 19.3 Å². The molecule has 0 spiro atoms. The average molecular weight is 266 g/mol. The van der Waals surface area contributed by atoms with Crippen molar-refractivity contribution < 1.29 is 9.59 Å². The van der Waals surface area contributed by atoms with Crippen LogP contribution in [0, 0.1) is 17.8 Å². The van der Waals surface area contributed by atoms with Crippen LogP contribution in [0.5, 0.6) is 0 Å². The molecule has 1 saturated carbocycles. The van der Waals surface area contributed by atoms with Gasteiger partial charge in [0.25, 0.3) is 0 Å². The molecule has 0 aromatic carbocycles. The van der Waals surface area contributed by atoms with Gasteiger partial charge in [-0.1, -0.05) is 25.3 Å². The van der Waals surface area contributed by atoms with Crippen molar-refractivity contribution in [3.63, 3.8) is 0 Å². The monoisotopic (exact) mass is 266 g/mol. The van der Waals surface area contributed by atoms with Crippen LogP contribution in [0.25, 0.3) is 0 Å². The average Bonchev–Trinajstić information content (AvgIpc) is 2.30. The molecule has 2 atom stereocenters. The van der Waals surface area contributed by atoms with Gasteiger partial charge in [-0.15, -0.1) is 6.58 Å². The molecule has 0 bridgehead atoms. The van der Waals surface area contributed by atoms with Crippen LogP contribution in [0.3, 0.4) is 0 Å². The molecular weight excluding hydrogens is 240 g/mol. The minimum absolute atomic E-state index is 0.0257. The summed E-state index contributed by atoms with van der Waals surface area (Å²) in [6.07, 6.45) is 7.47. The lowest BCUT2D eigenvalue weighted by Gasteiger charge is -2.32. The summed E-state index contributed by atoms with van der Waals surface area (Å²) in [6.45, 7) is 6.15. The lowest BCUT2D eigenvalue weighted by molar-refractivity contribution is -0.134. The molecule has 4 nitrogen and oxygen atoms in total. The van der Waals surface area contributed by atoms with Gasteiger partial charge < -0.3 is 11.1 Å². The molecule has 0 aromatic heterocycles. The highest BCUT2D eigenvalue weighted by atomic mass is 16.2. The number of rotatable bonds is 9. The van der Waals surface area contributed by atoms with Crippen molar-refractivity contribution in [2.75, 3.05) is 6.54 Å². The fourth-order valence-corrected chi connectivity index (χ4v) is 2.69. The predicted molar refractivity (Wildman–Crippen MR) is 76.2 cm³/mol. The van der Waals surface area contributed by atoms with Crippen LogP contribution < -0.4 is 11.1 Å². The predicted octanol–water partition coefficient (Wildman–Crippen LogP) is 2.00. The Morgan fingerprint density at radius 2 is 2.11 bits per heavy atom. The minimum Gasteiger partial charge on any atom is -0.369 e. The lowest BCUT2D eigenvalue weighted by atomic mass is 9.74. The number of nitrogens with one attached hydrogen (secondary N) is 1. The van der Waals surface area contributed by atoms with Crippen LogP contribution in [-0.4, -0.2) is 18.4 Å². The summed E-state index contributed by atoms with van der Waals surface area (Å²) >= 11 is 0. The first kappa shape index (κ1) is 15.7. The van der Waals surface area contributed by atoms with E-state index in [9.17, 15) is 9.59 Å². The first-order valence-corrected chi connectivity index (χ1v) is 7.28. The Kier molecular flexibility index (Phi) is 6.60. The van der Waals surface area contributed by atoms with Crippen LogP contribution in [-0.2, 0) is 9.59 Å². The van der Waals surface area contributed by atoms with Crippen molar-refractivity contribution in [3.05, 3.63) is 12.7 Å². The first-order chi connectivity index (χ1) is 9.10. The third kappa shape index (κ3) is 4.69. The standard InChI is InChI=1S/C15H26N2O2/c1-3-5-9-12(14(16)18)13(15(19)17-4-2)10-11-7-6-8-11/h3,11-13H,1,4-10H2,2H3,(H2,16,18)(H,17,19)/t12-,13+/m0/s1. The molecule has 3 N–H and O–H groups in total. The van der Waals surface area contributed by atoms with Gasteiger partial charge in [-0.05, 0) is 32.1 Å². The summed E-state index contributed by atoms with van der Waals surface area (Å²) in [5.41, 5.74) is 5.49. The molecular formula is C15H26N2O2. The van der Waals surface area contributed by atoms with Gasteiger partial charge in [0.15, 0.2) is 0 Å². The number of hydrogen-bond acceptors (Lipinski definition) is 2. The SMILES string of the molecule is C=CCC[C@H](C(N)=O)[C@@H](CC1CCC1)C(=O)NCC. The van der Waals surface area contributed by atoms with E-state index in [2.05, 4.69) is 11.9 Å². The smallest absolute Gasteiger partial charge is 0.223 e. The Bertz CT molecular complexity index is 324. The number of nitrogens with two attached hydrogens (primary N) is 1. The van der Waals surface area contributed by atoms with Crippen LogP contribution in [0.15, 0.2) is 12.7 Å². The molecule has 4 heteroatoms. The van der Waals surface area contributed by atoms with E-state index >= 15 is 0 Å². The number of carbonyl (C=O) groups is 2. The topological polar surface area (TPSA) is 72.2 Å². The summed E-state index contributed by atoms with van der Waals surface area (Å²) in [7, 11) is 0. The zero-order valence-electron chi connectivity index (χ0n) is 11.9. The highest BCUT2D eigenvalue weighted by Gasteiger charge is 2.34. The Morgan fingerprint density at radius 3 is 2.53 bits per heavy atom. The molecule has 0 aromatic rings. The summed E-state index contributed by atoms with van der Waals surface area (Å²) in [4.78, 5) is 23.8. The molecule has 0 aliphatic heterocycles. The van der Waals surface area contributed by atoms with Crippen molar-refractivity contribution >= 4 is 11.8 Å². The van der Waals surface area contributed by atoms with E-state index in [4.69, 9.17) is 5.73 Å². The van der Waals surface area contributed by atoms with Crippen molar-refractivity contribution in [2.24, 2.45) is 23.5 Å². The second kappa shape index (κ2) is 7.97. The summed E-state index contributed by atoms with van der Waals surface area (Å²) in [6, 6.07) is 0. The van der Waals surface area contributed by atoms with Gasteiger partial charge in [-0.25, -0.2) is 0 Å². The van der Waals surface area contributed by atoms with Gasteiger partial charge >= 0.3 is 0 Å². The Hall–Kier alpha value is -1.32. The maximum Gasteiger partial charge on any atom is 0.223 e. The molecule has 0 unspecified atom stereocenters. The number of hydrogen-bond donors (Lipinski definition) is 2. The molecule has 1 fully saturated rings. The van der Waals surface area contributed by atoms with Crippen LogP contribution >= 0.6 is 0 Å². The molecule has 108 valence electrons. The summed E-state index contributed by atoms with van der Waals surface area (Å²) in [5.74, 6) is -0.453. The molecule has 0 heterocycles. The minimum atomic E-state index is -0.370. The van der Waals surface area contributed by atoms with Crippen molar-refractivity contribution in [3.8, 4) is 0 Å². The first-order valence-electron chi connectivity index (χ1n) is 7.28. The fraction of sp³-hybridized carbons (Fsp3) is 0.733. The van der Waals surface area contributed by atoms with E-state index in [-0.39, 0.29) is 23.7 Å². The fourth-order valence-electron chi connectivity index (χ4n) is 2.69. The van der Waals surface area contributed by atoms with Gasteiger partial charge in [0.1, 0.15) is 0 Å². The second-order valence-corrected chi connectivity index (χ2v) is 5.41. The lowest BCUT2D eigenvalue weighted by Crippen LogP contribution is -2.41. The Balaban J connectivity index is 2.73. The third-order valence-electron chi connectivity index (χ3n) is 4.03. The zero-order chi connectivity index (χ0) is 14.3. The van der Waals surface area contributed by atoms with Crippen molar-refractivity contribution in [1.82, 2.24) is 5.32 Å². The van der Waals surface area contributed by atoms with E-state index in [0.29, 0.717) is 25.3 Å². The normalized spacial score (nSPS) is 18.2. The van der Waals surface area contributed by atoms with E-state index < -0.39 is 0 Å². The number of amides is 2. The summed E-state index contributed by atoms with van der Waals surface area (Å²) < 4.78 is 0. The van der Waals surface area contributed by atoms with E-state index in [0.717, 1.165) is 6.42 Å². The van der Waals surface area contributed by atoms with Gasteiger partial charge in [0, 0.05) is 18.4 Å². The second-order valence-electron chi connectivity index (χ2n) is 5.41. The number of carbonyl (C=O) groups excluding carboxylic acids is 2. The largest absolute Gasteiger partial charge is 0.369 e. The Morgan fingerprint density at radius 1 is 1.42 bits per heavy atom. The van der Waals surface area contributed by atoms with Crippen LogP contribution in [0.4, 0.5) is 0 Å². The molecule has 2 amide bonds. The maximum atomic E-state index is 12.2. The molecule has 0 saturated heterocycles. The molecule has 1 aliphatic rings. The maximum absolute atomic E-state index is 12.2. The van der Waals surface area contributed by atoms with Gasteiger partial charge in [0.05, 0.1) is 0 Å².